The van der Waals surface area contributed by atoms with Gasteiger partial charge < -0.3 is 14.6 Å². The fourth-order valence-electron chi connectivity index (χ4n) is 2.75. The molecule has 0 saturated carbocycles. The van der Waals surface area contributed by atoms with Crippen molar-refractivity contribution in [2.75, 3.05) is 7.05 Å². The Morgan fingerprint density at radius 3 is 2.66 bits per heavy atom. The molecule has 0 saturated heterocycles. The van der Waals surface area contributed by atoms with E-state index in [1.165, 1.54) is 14.0 Å². The zero-order valence-corrected chi connectivity index (χ0v) is 16.9. The highest BCUT2D eigenvalue weighted by Gasteiger charge is 2.20. The summed E-state index contributed by atoms with van der Waals surface area (Å²) in [6.45, 7) is 3.99. The van der Waals surface area contributed by atoms with E-state index in [4.69, 9.17) is 4.74 Å². The molecule has 0 aliphatic carbocycles. The number of nitrogens with zero attached hydrogens (tertiary/aromatic N) is 2. The van der Waals surface area contributed by atoms with E-state index >= 15 is 0 Å². The molecule has 9 nitrogen and oxygen atoms in total. The number of fused-ring (bicyclic) bond motifs is 1. The van der Waals surface area contributed by atoms with Gasteiger partial charge in [-0.1, -0.05) is 25.5 Å². The van der Waals surface area contributed by atoms with Gasteiger partial charge in [-0.15, -0.1) is 0 Å². The van der Waals surface area contributed by atoms with Gasteiger partial charge in [0.05, 0.1) is 17.5 Å². The van der Waals surface area contributed by atoms with Gasteiger partial charge in [-0.2, -0.15) is 0 Å². The first-order valence-corrected chi connectivity index (χ1v) is 9.57. The first-order valence-electron chi connectivity index (χ1n) is 9.57. The van der Waals surface area contributed by atoms with Gasteiger partial charge in [0.1, 0.15) is 5.69 Å². The SMILES string of the molecule is CCCCn1c(=O)c(CCC(=O)O[C@H](C)C(=O)NC(=O)NC)nc2ccccc21. The molecule has 2 rings (SSSR count). The number of carbonyl (C=O) groups is 3. The Bertz CT molecular complexity index is 954. The third-order valence-electron chi connectivity index (χ3n) is 4.36. The standard InChI is InChI=1S/C20H26N4O5/c1-4-5-12-24-16-9-7-6-8-14(16)22-15(19(24)27)10-11-17(25)29-13(2)18(26)23-20(28)21-3/h6-9,13H,4-5,10-12H2,1-3H3,(H2,21,23,26,28)/t13-/m1/s1. The predicted octanol–water partition coefficient (Wildman–Crippen LogP) is 1.52. The topological polar surface area (TPSA) is 119 Å². The highest BCUT2D eigenvalue weighted by atomic mass is 16.5. The van der Waals surface area contributed by atoms with Crippen LogP contribution in [0, 0.1) is 0 Å². The fourth-order valence-corrected chi connectivity index (χ4v) is 2.75. The summed E-state index contributed by atoms with van der Waals surface area (Å²) in [7, 11) is 1.36. The van der Waals surface area contributed by atoms with Gasteiger partial charge in [0.25, 0.3) is 11.5 Å². The van der Waals surface area contributed by atoms with Crippen molar-refractivity contribution in [3.05, 3.63) is 40.3 Å². The average Bonchev–Trinajstić information content (AvgIpc) is 2.71. The van der Waals surface area contributed by atoms with Crippen molar-refractivity contribution in [1.82, 2.24) is 20.2 Å². The van der Waals surface area contributed by atoms with Crippen molar-refractivity contribution < 1.29 is 19.1 Å². The van der Waals surface area contributed by atoms with Gasteiger partial charge in [0.15, 0.2) is 6.10 Å². The molecule has 0 spiro atoms. The van der Waals surface area contributed by atoms with Gasteiger partial charge in [-0.05, 0) is 25.5 Å². The van der Waals surface area contributed by atoms with Gasteiger partial charge in [-0.25, -0.2) is 9.78 Å². The van der Waals surface area contributed by atoms with Gasteiger partial charge in [-0.3, -0.25) is 19.7 Å². The van der Waals surface area contributed by atoms with Crippen LogP contribution in [-0.2, 0) is 27.3 Å². The molecule has 1 aromatic carbocycles. The number of nitrogens with one attached hydrogen (secondary N) is 2. The lowest BCUT2D eigenvalue weighted by Gasteiger charge is -2.13. The van der Waals surface area contributed by atoms with Crippen LogP contribution in [0.5, 0.6) is 0 Å². The molecule has 1 aromatic heterocycles. The number of hydrogen-bond donors (Lipinski definition) is 2. The number of benzene rings is 1. The number of unbranched alkanes of at least 4 members (excludes halogenated alkanes) is 1. The lowest BCUT2D eigenvalue weighted by molar-refractivity contribution is -0.154. The molecule has 29 heavy (non-hydrogen) atoms. The number of esters is 1. The Hall–Kier alpha value is -3.23. The van der Waals surface area contributed by atoms with Gasteiger partial charge >= 0.3 is 12.0 Å². The van der Waals surface area contributed by atoms with Crippen LogP contribution in [0.25, 0.3) is 11.0 Å². The summed E-state index contributed by atoms with van der Waals surface area (Å²) < 4.78 is 6.72. The third kappa shape index (κ3) is 5.87. The first-order chi connectivity index (χ1) is 13.9. The van der Waals surface area contributed by atoms with Crippen LogP contribution in [-0.4, -0.2) is 40.6 Å². The van der Waals surface area contributed by atoms with Crippen LogP contribution in [0.3, 0.4) is 0 Å². The Morgan fingerprint density at radius 2 is 1.97 bits per heavy atom. The molecule has 0 fully saturated rings. The molecular weight excluding hydrogens is 376 g/mol. The summed E-state index contributed by atoms with van der Waals surface area (Å²) in [5, 5.41) is 4.27. The maximum atomic E-state index is 12.8. The fraction of sp³-hybridized carbons (Fsp3) is 0.450. The maximum absolute atomic E-state index is 12.8. The van der Waals surface area contributed by atoms with E-state index in [2.05, 4.69) is 10.3 Å². The highest BCUT2D eigenvalue weighted by molar-refractivity contribution is 5.97. The number of hydrogen-bond acceptors (Lipinski definition) is 6. The Labute approximate surface area is 168 Å². The Balaban J connectivity index is 2.09. The van der Waals surface area contributed by atoms with Crippen molar-refractivity contribution in [3.63, 3.8) is 0 Å². The summed E-state index contributed by atoms with van der Waals surface area (Å²) in [4.78, 5) is 52.2. The molecule has 0 aliphatic heterocycles. The van der Waals surface area contributed by atoms with Crippen LogP contribution in [0.2, 0.25) is 0 Å². The van der Waals surface area contributed by atoms with Crippen LogP contribution < -0.4 is 16.2 Å². The summed E-state index contributed by atoms with van der Waals surface area (Å²) in [5.41, 5.74) is 1.50. The van der Waals surface area contributed by atoms with Crippen molar-refractivity contribution in [2.45, 2.75) is 52.2 Å². The summed E-state index contributed by atoms with van der Waals surface area (Å²) in [6.07, 6.45) is 0.656. The molecule has 0 unspecified atom stereocenters. The maximum Gasteiger partial charge on any atom is 0.321 e. The first kappa shape index (κ1) is 22.1. The smallest absolute Gasteiger partial charge is 0.321 e. The second-order valence-electron chi connectivity index (χ2n) is 6.56. The number of aryl methyl sites for hydroxylation is 2. The number of rotatable bonds is 8. The van der Waals surface area contributed by atoms with E-state index in [0.29, 0.717) is 12.1 Å². The number of para-hydroxylation sites is 2. The van der Waals surface area contributed by atoms with Crippen LogP contribution in [0.1, 0.15) is 38.8 Å². The van der Waals surface area contributed by atoms with E-state index in [1.54, 1.807) is 4.57 Å². The molecule has 2 aromatic rings. The summed E-state index contributed by atoms with van der Waals surface area (Å²) >= 11 is 0. The molecule has 1 heterocycles. The minimum Gasteiger partial charge on any atom is -0.453 e. The molecule has 0 aliphatic rings. The third-order valence-corrected chi connectivity index (χ3v) is 4.36. The van der Waals surface area contributed by atoms with Crippen LogP contribution in [0.4, 0.5) is 4.79 Å². The van der Waals surface area contributed by atoms with Crippen molar-refractivity contribution in [2.24, 2.45) is 0 Å². The number of ether oxygens (including phenoxy) is 1. The largest absolute Gasteiger partial charge is 0.453 e. The molecule has 2 N–H and O–H groups in total. The minimum absolute atomic E-state index is 0.0956. The lowest BCUT2D eigenvalue weighted by atomic mass is 10.2. The number of imide groups is 1. The van der Waals surface area contributed by atoms with E-state index in [1.807, 2.05) is 36.5 Å². The van der Waals surface area contributed by atoms with Crippen molar-refractivity contribution in [1.29, 1.82) is 0 Å². The minimum atomic E-state index is -1.13. The van der Waals surface area contributed by atoms with E-state index < -0.39 is 24.0 Å². The van der Waals surface area contributed by atoms with Crippen molar-refractivity contribution in [3.8, 4) is 0 Å². The molecule has 0 radical (unpaired) electrons. The van der Waals surface area contributed by atoms with E-state index in [-0.39, 0.29) is 24.1 Å². The van der Waals surface area contributed by atoms with Crippen molar-refractivity contribution >= 4 is 28.9 Å². The Kier molecular flexibility index (Phi) is 7.88. The predicted molar refractivity (Wildman–Crippen MR) is 107 cm³/mol. The quantitative estimate of drug-likeness (QED) is 0.646. The second kappa shape index (κ2) is 10.4. The molecular formula is C20H26N4O5. The summed E-state index contributed by atoms with van der Waals surface area (Å²) in [5.74, 6) is -1.39. The van der Waals surface area contributed by atoms with E-state index in [0.717, 1.165) is 18.4 Å². The number of carbonyl (C=O) groups excluding carboxylic acids is 3. The average molecular weight is 402 g/mol. The van der Waals surface area contributed by atoms with Gasteiger partial charge in [0.2, 0.25) is 0 Å². The van der Waals surface area contributed by atoms with E-state index in [9.17, 15) is 19.2 Å². The number of amides is 3. The molecule has 0 bridgehead atoms. The lowest BCUT2D eigenvalue weighted by Crippen LogP contribution is -2.43. The molecule has 3 amide bonds. The molecule has 156 valence electrons. The zero-order valence-electron chi connectivity index (χ0n) is 16.9. The monoisotopic (exact) mass is 402 g/mol. The second-order valence-corrected chi connectivity index (χ2v) is 6.56. The van der Waals surface area contributed by atoms with Crippen LogP contribution in [0.15, 0.2) is 29.1 Å². The molecule has 9 heteroatoms. The Morgan fingerprint density at radius 1 is 1.24 bits per heavy atom. The van der Waals surface area contributed by atoms with Crippen LogP contribution >= 0.6 is 0 Å². The summed E-state index contributed by atoms with van der Waals surface area (Å²) in [6, 6.07) is 6.68. The number of urea groups is 1. The molecule has 1 atom stereocenters. The number of aromatic nitrogens is 2. The normalized spacial score (nSPS) is 11.7. The van der Waals surface area contributed by atoms with Gasteiger partial charge in [0, 0.05) is 20.0 Å². The highest BCUT2D eigenvalue weighted by Crippen LogP contribution is 2.12. The zero-order chi connectivity index (χ0) is 21.4.